The van der Waals surface area contributed by atoms with Crippen LogP contribution in [0.2, 0.25) is 0 Å². The summed E-state index contributed by atoms with van der Waals surface area (Å²) in [5, 5.41) is 4.78. The Morgan fingerprint density at radius 1 is 0.381 bits per heavy atom. The highest BCUT2D eigenvalue weighted by Gasteiger charge is 2.25. The number of aromatic nitrogens is 2. The third kappa shape index (κ3) is 6.54. The van der Waals surface area contributed by atoms with E-state index < -0.39 is 0 Å². The maximum atomic E-state index is 6.33. The first-order valence-corrected chi connectivity index (χ1v) is 22.0. The average Bonchev–Trinajstić information content (AvgIpc) is 3.93. The molecule has 296 valence electrons. The highest BCUT2D eigenvalue weighted by atomic mass is 32.1. The molecule has 0 aliphatic carbocycles. The molecule has 0 aliphatic heterocycles. The standard InChI is InChI=1S/C58H37N3OS/c1-6-18-38(19-7-1)48-34-42(58-59-50(40-22-10-3-11-23-40)37-51(60-58)41-24-12-4-13-25-41)35-49(39-20-8-2-9-21-39)56(48)61(43-26-14-5-15-27-43)44-30-31-45-46-32-33-53-55(57(46)63-54(45)36-44)47-28-16-17-29-52(47)62-53/h1-37H. The molecule has 0 unspecified atom stereocenters. The van der Waals surface area contributed by atoms with Crippen molar-refractivity contribution in [3.8, 4) is 56.2 Å². The van der Waals surface area contributed by atoms with Gasteiger partial charge >= 0.3 is 0 Å². The van der Waals surface area contributed by atoms with Crippen molar-refractivity contribution in [1.82, 2.24) is 9.97 Å². The smallest absolute Gasteiger partial charge is 0.160 e. The third-order valence-electron chi connectivity index (χ3n) is 11.9. The van der Waals surface area contributed by atoms with Crippen LogP contribution in [0.3, 0.4) is 0 Å². The number of fused-ring (bicyclic) bond motifs is 7. The van der Waals surface area contributed by atoms with Crippen LogP contribution in [0.1, 0.15) is 0 Å². The summed E-state index contributed by atoms with van der Waals surface area (Å²) in [5.41, 5.74) is 14.0. The summed E-state index contributed by atoms with van der Waals surface area (Å²) in [7, 11) is 0. The Kier molecular flexibility index (Phi) is 8.98. The van der Waals surface area contributed by atoms with Crippen LogP contribution in [0.5, 0.6) is 0 Å². The highest BCUT2D eigenvalue weighted by molar-refractivity contribution is 7.26. The Balaban J connectivity index is 1.14. The van der Waals surface area contributed by atoms with Gasteiger partial charge in [0.15, 0.2) is 5.82 Å². The lowest BCUT2D eigenvalue weighted by atomic mass is 9.91. The van der Waals surface area contributed by atoms with Crippen LogP contribution in [0.25, 0.3) is 98.3 Å². The van der Waals surface area contributed by atoms with E-state index in [0.29, 0.717) is 5.82 Å². The van der Waals surface area contributed by atoms with Crippen molar-refractivity contribution in [2.45, 2.75) is 0 Å². The van der Waals surface area contributed by atoms with E-state index in [2.05, 4.69) is 211 Å². The number of furan rings is 1. The number of anilines is 3. The first-order valence-electron chi connectivity index (χ1n) is 21.1. The van der Waals surface area contributed by atoms with Gasteiger partial charge in [0.1, 0.15) is 11.2 Å². The Bertz CT molecular complexity index is 3490. The van der Waals surface area contributed by atoms with Gasteiger partial charge in [0.05, 0.1) is 17.1 Å². The summed E-state index contributed by atoms with van der Waals surface area (Å²) in [6.45, 7) is 0. The first-order chi connectivity index (χ1) is 31.2. The Morgan fingerprint density at radius 2 is 0.905 bits per heavy atom. The van der Waals surface area contributed by atoms with Crippen LogP contribution in [0.4, 0.5) is 17.1 Å². The highest BCUT2D eigenvalue weighted by Crippen LogP contribution is 2.50. The van der Waals surface area contributed by atoms with E-state index in [9.17, 15) is 0 Å². The number of rotatable bonds is 8. The topological polar surface area (TPSA) is 42.2 Å². The van der Waals surface area contributed by atoms with Gasteiger partial charge in [0.25, 0.3) is 0 Å². The van der Waals surface area contributed by atoms with E-state index in [4.69, 9.17) is 14.4 Å². The molecular weight excluding hydrogens is 787 g/mol. The molecule has 3 aromatic heterocycles. The minimum atomic E-state index is 0.659. The van der Waals surface area contributed by atoms with Crippen LogP contribution in [0.15, 0.2) is 229 Å². The minimum absolute atomic E-state index is 0.659. The number of nitrogens with zero attached hydrogens (tertiary/aromatic N) is 3. The molecule has 4 nitrogen and oxygen atoms in total. The molecule has 0 spiro atoms. The average molecular weight is 824 g/mol. The maximum absolute atomic E-state index is 6.33. The van der Waals surface area contributed by atoms with Gasteiger partial charge in [0, 0.05) is 70.1 Å². The lowest BCUT2D eigenvalue weighted by Crippen LogP contribution is -2.13. The van der Waals surface area contributed by atoms with Crippen LogP contribution < -0.4 is 4.90 Å². The molecule has 0 aliphatic rings. The van der Waals surface area contributed by atoms with Crippen molar-refractivity contribution in [1.29, 1.82) is 0 Å². The monoisotopic (exact) mass is 823 g/mol. The lowest BCUT2D eigenvalue weighted by Gasteiger charge is -2.31. The molecule has 0 radical (unpaired) electrons. The van der Waals surface area contributed by atoms with Gasteiger partial charge in [-0.25, -0.2) is 9.97 Å². The first kappa shape index (κ1) is 36.7. The molecule has 12 rings (SSSR count). The van der Waals surface area contributed by atoms with Gasteiger partial charge in [0.2, 0.25) is 0 Å². The summed E-state index contributed by atoms with van der Waals surface area (Å²) in [4.78, 5) is 13.1. The SMILES string of the molecule is c1ccc(-c2cc(-c3ccccc3)nc(-c3cc(-c4ccccc4)c(N(c4ccccc4)c4ccc5c(c4)sc4c5ccc5oc6ccccc6c54)c(-c4ccccc4)c3)n2)cc1. The van der Waals surface area contributed by atoms with Gasteiger partial charge in [-0.15, -0.1) is 11.3 Å². The molecule has 0 N–H and O–H groups in total. The molecule has 3 heterocycles. The normalized spacial score (nSPS) is 11.5. The van der Waals surface area contributed by atoms with Crippen molar-refractivity contribution in [3.63, 3.8) is 0 Å². The molecule has 5 heteroatoms. The number of thiophene rings is 1. The molecule has 0 saturated carbocycles. The fourth-order valence-electron chi connectivity index (χ4n) is 8.92. The molecule has 0 bridgehead atoms. The van der Waals surface area contributed by atoms with Crippen LogP contribution in [-0.2, 0) is 0 Å². The third-order valence-corrected chi connectivity index (χ3v) is 13.0. The van der Waals surface area contributed by atoms with E-state index >= 15 is 0 Å². The number of benzene rings is 9. The number of hydrogen-bond acceptors (Lipinski definition) is 5. The zero-order valence-electron chi connectivity index (χ0n) is 34.0. The molecule has 0 atom stereocenters. The van der Waals surface area contributed by atoms with Gasteiger partial charge in [-0.2, -0.15) is 0 Å². The Hall–Kier alpha value is -8.12. The van der Waals surface area contributed by atoms with Crippen molar-refractivity contribution in [2.75, 3.05) is 4.90 Å². The molecule has 63 heavy (non-hydrogen) atoms. The van der Waals surface area contributed by atoms with E-state index in [-0.39, 0.29) is 0 Å². The summed E-state index contributed by atoms with van der Waals surface area (Å²) in [5.74, 6) is 0.659. The zero-order valence-corrected chi connectivity index (χ0v) is 34.8. The predicted octanol–water partition coefficient (Wildman–Crippen LogP) is 16.5. The number of hydrogen-bond donors (Lipinski definition) is 0. The molecule has 0 fully saturated rings. The fourth-order valence-corrected chi connectivity index (χ4v) is 10.2. The van der Waals surface area contributed by atoms with E-state index in [0.717, 1.165) is 83.9 Å². The van der Waals surface area contributed by atoms with Crippen LogP contribution >= 0.6 is 11.3 Å². The number of para-hydroxylation sites is 2. The van der Waals surface area contributed by atoms with Gasteiger partial charge in [-0.3, -0.25) is 0 Å². The Labute approximate surface area is 368 Å². The molecule has 0 amide bonds. The van der Waals surface area contributed by atoms with Crippen LogP contribution in [-0.4, -0.2) is 9.97 Å². The maximum Gasteiger partial charge on any atom is 0.160 e. The van der Waals surface area contributed by atoms with Crippen molar-refractivity contribution >= 4 is 70.5 Å². The van der Waals surface area contributed by atoms with Crippen LogP contribution in [0, 0.1) is 0 Å². The van der Waals surface area contributed by atoms with E-state index in [1.807, 2.05) is 29.5 Å². The van der Waals surface area contributed by atoms with Crippen molar-refractivity contribution in [3.05, 3.63) is 224 Å². The van der Waals surface area contributed by atoms with Gasteiger partial charge in [-0.1, -0.05) is 164 Å². The molecule has 0 saturated heterocycles. The summed E-state index contributed by atoms with van der Waals surface area (Å²) >= 11 is 1.83. The van der Waals surface area contributed by atoms with Gasteiger partial charge < -0.3 is 9.32 Å². The minimum Gasteiger partial charge on any atom is -0.456 e. The van der Waals surface area contributed by atoms with E-state index in [1.54, 1.807) is 0 Å². The second kappa shape index (κ2) is 15.4. The summed E-state index contributed by atoms with van der Waals surface area (Å²) in [6.07, 6.45) is 0. The van der Waals surface area contributed by atoms with E-state index in [1.165, 1.54) is 25.6 Å². The van der Waals surface area contributed by atoms with Crippen molar-refractivity contribution in [2.24, 2.45) is 0 Å². The lowest BCUT2D eigenvalue weighted by molar-refractivity contribution is 0.669. The van der Waals surface area contributed by atoms with Crippen molar-refractivity contribution < 1.29 is 4.42 Å². The quantitative estimate of drug-likeness (QED) is 0.153. The fraction of sp³-hybridized carbons (Fsp3) is 0. The molecule has 9 aromatic carbocycles. The summed E-state index contributed by atoms with van der Waals surface area (Å²) in [6, 6.07) is 79.2. The largest absolute Gasteiger partial charge is 0.456 e. The second-order valence-corrected chi connectivity index (χ2v) is 16.8. The molecule has 12 aromatic rings. The Morgan fingerprint density at radius 3 is 1.51 bits per heavy atom. The molecular formula is C58H37N3OS. The zero-order chi connectivity index (χ0) is 41.7. The van der Waals surface area contributed by atoms with Gasteiger partial charge in [-0.05, 0) is 71.8 Å². The summed E-state index contributed by atoms with van der Waals surface area (Å²) < 4.78 is 8.78. The predicted molar refractivity (Wildman–Crippen MR) is 264 cm³/mol. The second-order valence-electron chi connectivity index (χ2n) is 15.7.